The molecule has 2 amide bonds. The van der Waals surface area contributed by atoms with Gasteiger partial charge in [0.1, 0.15) is 0 Å². The molecule has 0 saturated carbocycles. The van der Waals surface area contributed by atoms with Crippen LogP contribution in [-0.4, -0.2) is 48.4 Å². The molecule has 2 aromatic heterocycles. The lowest BCUT2D eigenvalue weighted by molar-refractivity contribution is 0.0898. The van der Waals surface area contributed by atoms with Gasteiger partial charge in [0.25, 0.3) is 11.8 Å². The normalized spacial score (nSPS) is 12.0. The molecule has 152 valence electrons. The predicted octanol–water partition coefficient (Wildman–Crippen LogP) is 3.01. The second-order valence-electron chi connectivity index (χ2n) is 7.03. The van der Waals surface area contributed by atoms with Crippen molar-refractivity contribution in [2.24, 2.45) is 0 Å². The van der Waals surface area contributed by atoms with Crippen molar-refractivity contribution in [1.29, 1.82) is 0 Å². The van der Waals surface area contributed by atoms with Crippen LogP contribution in [0.25, 0.3) is 10.8 Å². The number of carbonyl (C=O) groups excluding carboxylic acids is 2. The van der Waals surface area contributed by atoms with Crippen LogP contribution in [0.1, 0.15) is 33.4 Å². The lowest BCUT2D eigenvalue weighted by atomic mass is 10.1. The summed E-state index contributed by atoms with van der Waals surface area (Å²) in [4.78, 5) is 31.7. The van der Waals surface area contributed by atoms with Crippen LogP contribution >= 0.6 is 11.3 Å². The summed E-state index contributed by atoms with van der Waals surface area (Å²) in [6.07, 6.45) is 1.41. The van der Waals surface area contributed by atoms with E-state index in [4.69, 9.17) is 4.42 Å². The highest BCUT2D eigenvalue weighted by atomic mass is 32.1. The highest BCUT2D eigenvalue weighted by Crippen LogP contribution is 2.23. The number of hydrogen-bond donors (Lipinski definition) is 2. The topological polar surface area (TPSA) is 87.5 Å². The third-order valence-corrected chi connectivity index (χ3v) is 4.98. The monoisotopic (exact) mass is 412 g/mol. The summed E-state index contributed by atoms with van der Waals surface area (Å²) in [5, 5.41) is 7.55. The Bertz CT molecular complexity index is 949. The van der Waals surface area contributed by atoms with Crippen molar-refractivity contribution in [2.45, 2.75) is 19.5 Å². The first-order chi connectivity index (χ1) is 13.9. The molecule has 3 rings (SSSR count). The van der Waals surface area contributed by atoms with Gasteiger partial charge in [-0.1, -0.05) is 18.2 Å². The number of amides is 2. The van der Waals surface area contributed by atoms with Gasteiger partial charge < -0.3 is 20.0 Å². The van der Waals surface area contributed by atoms with E-state index in [1.165, 1.54) is 17.5 Å². The van der Waals surface area contributed by atoms with Gasteiger partial charge in [0, 0.05) is 24.7 Å². The van der Waals surface area contributed by atoms with E-state index in [1.807, 2.05) is 50.7 Å². The summed E-state index contributed by atoms with van der Waals surface area (Å²) in [7, 11) is 4.00. The van der Waals surface area contributed by atoms with E-state index in [0.29, 0.717) is 11.5 Å². The minimum absolute atomic E-state index is 0.142. The molecule has 0 aliphatic heterocycles. The van der Waals surface area contributed by atoms with Gasteiger partial charge in [-0.15, -0.1) is 11.3 Å². The smallest absolute Gasteiger partial charge is 0.288 e. The van der Waals surface area contributed by atoms with Crippen LogP contribution in [0.5, 0.6) is 0 Å². The Morgan fingerprint density at radius 3 is 2.59 bits per heavy atom. The summed E-state index contributed by atoms with van der Waals surface area (Å²) in [6, 6.07) is 11.0. The molecule has 1 unspecified atom stereocenters. The highest BCUT2D eigenvalue weighted by molar-refractivity contribution is 7.13. The number of rotatable bonds is 8. The van der Waals surface area contributed by atoms with Crippen molar-refractivity contribution in [1.82, 2.24) is 20.5 Å². The maximum absolute atomic E-state index is 12.4. The molecular formula is C21H24N4O3S. The Morgan fingerprint density at radius 2 is 1.93 bits per heavy atom. The molecule has 0 fully saturated rings. The van der Waals surface area contributed by atoms with Gasteiger partial charge in [-0.05, 0) is 50.2 Å². The average molecular weight is 413 g/mol. The zero-order valence-corrected chi connectivity index (χ0v) is 17.5. The molecule has 0 spiro atoms. The number of thiophene rings is 1. The van der Waals surface area contributed by atoms with Gasteiger partial charge in [0.15, 0.2) is 0 Å². The van der Waals surface area contributed by atoms with Gasteiger partial charge in [0.05, 0.1) is 11.1 Å². The summed E-state index contributed by atoms with van der Waals surface area (Å²) in [5.41, 5.74) is 1.72. The Kier molecular flexibility index (Phi) is 6.79. The first-order valence-electron chi connectivity index (χ1n) is 9.25. The van der Waals surface area contributed by atoms with Crippen molar-refractivity contribution in [3.63, 3.8) is 0 Å². The van der Waals surface area contributed by atoms with Crippen molar-refractivity contribution < 1.29 is 14.0 Å². The molecule has 2 N–H and O–H groups in total. The van der Waals surface area contributed by atoms with Crippen LogP contribution < -0.4 is 10.6 Å². The average Bonchev–Trinajstić information content (AvgIpc) is 3.37. The van der Waals surface area contributed by atoms with Gasteiger partial charge in [-0.25, -0.2) is 4.98 Å². The van der Waals surface area contributed by atoms with E-state index in [-0.39, 0.29) is 30.2 Å². The lowest BCUT2D eigenvalue weighted by Crippen LogP contribution is -2.41. The summed E-state index contributed by atoms with van der Waals surface area (Å²) < 4.78 is 5.51. The first-order valence-corrected chi connectivity index (χ1v) is 10.1. The third-order valence-electron chi connectivity index (χ3n) is 4.12. The fourth-order valence-electron chi connectivity index (χ4n) is 2.71. The molecule has 0 bridgehead atoms. The van der Waals surface area contributed by atoms with Gasteiger partial charge in [0.2, 0.25) is 11.7 Å². The molecule has 0 aliphatic carbocycles. The zero-order valence-electron chi connectivity index (χ0n) is 16.6. The number of aromatic nitrogens is 1. The van der Waals surface area contributed by atoms with Gasteiger partial charge in [-0.3, -0.25) is 9.59 Å². The number of hydrogen-bond acceptors (Lipinski definition) is 6. The second kappa shape index (κ2) is 9.49. The minimum Gasteiger partial charge on any atom is -0.430 e. The largest absolute Gasteiger partial charge is 0.430 e. The molecule has 2 heterocycles. The molecule has 1 atom stereocenters. The van der Waals surface area contributed by atoms with E-state index in [0.717, 1.165) is 17.0 Å². The number of nitrogens with zero attached hydrogens (tertiary/aromatic N) is 2. The lowest BCUT2D eigenvalue weighted by Gasteiger charge is -2.15. The Labute approximate surface area is 173 Å². The molecule has 0 aliphatic rings. The number of carbonyl (C=O) groups is 2. The van der Waals surface area contributed by atoms with Crippen molar-refractivity contribution in [3.05, 3.63) is 64.9 Å². The SMILES string of the molecule is CC(CNC(=O)c1cnc(-c2cccs2)o1)NC(=O)c1ccc(CN(C)C)cc1. The van der Waals surface area contributed by atoms with Crippen LogP contribution in [0.4, 0.5) is 0 Å². The summed E-state index contributed by atoms with van der Waals surface area (Å²) in [5.74, 6) is 0.0184. The van der Waals surface area contributed by atoms with Crippen molar-refractivity contribution >= 4 is 23.2 Å². The van der Waals surface area contributed by atoms with E-state index >= 15 is 0 Å². The van der Waals surface area contributed by atoms with E-state index in [2.05, 4.69) is 20.5 Å². The number of oxazole rings is 1. The molecule has 8 heteroatoms. The summed E-state index contributed by atoms with van der Waals surface area (Å²) >= 11 is 1.49. The predicted molar refractivity (Wildman–Crippen MR) is 113 cm³/mol. The summed E-state index contributed by atoms with van der Waals surface area (Å²) in [6.45, 7) is 2.93. The Hall–Kier alpha value is -2.97. The zero-order chi connectivity index (χ0) is 20.8. The maximum atomic E-state index is 12.4. The minimum atomic E-state index is -0.366. The van der Waals surface area contributed by atoms with Gasteiger partial charge >= 0.3 is 0 Å². The van der Waals surface area contributed by atoms with Crippen molar-refractivity contribution in [2.75, 3.05) is 20.6 Å². The molecule has 3 aromatic rings. The quantitative estimate of drug-likeness (QED) is 0.594. The molecule has 0 saturated heterocycles. The fraction of sp³-hybridized carbons (Fsp3) is 0.286. The van der Waals surface area contributed by atoms with Crippen LogP contribution in [0.2, 0.25) is 0 Å². The van der Waals surface area contributed by atoms with E-state index < -0.39 is 0 Å². The standard InChI is InChI=1S/C21H24N4O3S/c1-14(24-19(26)16-8-6-15(7-9-16)13-25(2)3)11-22-20(27)17-12-23-21(28-17)18-5-4-10-29-18/h4-10,12,14H,11,13H2,1-3H3,(H,22,27)(H,24,26). The fourth-order valence-corrected chi connectivity index (χ4v) is 3.37. The second-order valence-corrected chi connectivity index (χ2v) is 7.97. The van der Waals surface area contributed by atoms with Crippen molar-refractivity contribution in [3.8, 4) is 10.8 Å². The van der Waals surface area contributed by atoms with Crippen LogP contribution in [0.3, 0.4) is 0 Å². The molecule has 1 aromatic carbocycles. The Balaban J connectivity index is 1.48. The van der Waals surface area contributed by atoms with E-state index in [9.17, 15) is 9.59 Å². The van der Waals surface area contributed by atoms with Crippen LogP contribution in [0.15, 0.2) is 52.4 Å². The van der Waals surface area contributed by atoms with Crippen LogP contribution in [0, 0.1) is 0 Å². The third kappa shape index (κ3) is 5.75. The molecule has 0 radical (unpaired) electrons. The Morgan fingerprint density at radius 1 is 1.17 bits per heavy atom. The maximum Gasteiger partial charge on any atom is 0.288 e. The van der Waals surface area contributed by atoms with Crippen LogP contribution in [-0.2, 0) is 6.54 Å². The van der Waals surface area contributed by atoms with Gasteiger partial charge in [-0.2, -0.15) is 0 Å². The van der Waals surface area contributed by atoms with E-state index in [1.54, 1.807) is 12.1 Å². The highest BCUT2D eigenvalue weighted by Gasteiger charge is 2.16. The first kappa shape index (κ1) is 20.8. The molecular weight excluding hydrogens is 388 g/mol. The number of benzene rings is 1. The molecule has 29 heavy (non-hydrogen) atoms. The number of nitrogens with one attached hydrogen (secondary N) is 2. The molecule has 7 nitrogen and oxygen atoms in total.